The van der Waals surface area contributed by atoms with Crippen LogP contribution in [0.1, 0.15) is 5.89 Å². The van der Waals surface area contributed by atoms with Crippen molar-refractivity contribution in [2.45, 2.75) is 6.61 Å². The van der Waals surface area contributed by atoms with Gasteiger partial charge in [-0.05, 0) is 36.4 Å². The normalized spacial score (nSPS) is 10.5. The minimum Gasteiger partial charge on any atom is -0.482 e. The van der Waals surface area contributed by atoms with E-state index in [0.29, 0.717) is 28.1 Å². The van der Waals surface area contributed by atoms with Crippen molar-refractivity contribution in [3.8, 4) is 17.1 Å². The van der Waals surface area contributed by atoms with E-state index in [4.69, 9.17) is 26.5 Å². The molecule has 0 amide bonds. The van der Waals surface area contributed by atoms with Crippen molar-refractivity contribution in [3.05, 3.63) is 65.6 Å². The van der Waals surface area contributed by atoms with Crippen molar-refractivity contribution >= 4 is 17.3 Å². The zero-order valence-corrected chi connectivity index (χ0v) is 11.9. The molecule has 1 heterocycles. The van der Waals surface area contributed by atoms with E-state index in [9.17, 15) is 0 Å². The maximum absolute atomic E-state index is 5.86. The SMILES string of the molecule is Nc1ccccc1OCc1ncc(-c2ccc(Cl)cc2)o1. The first-order valence-corrected chi connectivity index (χ1v) is 6.78. The number of para-hydroxylation sites is 2. The molecule has 4 nitrogen and oxygen atoms in total. The monoisotopic (exact) mass is 300 g/mol. The van der Waals surface area contributed by atoms with E-state index in [0.717, 1.165) is 5.56 Å². The Morgan fingerprint density at radius 1 is 1.10 bits per heavy atom. The summed E-state index contributed by atoms with van der Waals surface area (Å²) in [6.45, 7) is 0.224. The first-order chi connectivity index (χ1) is 10.2. The third-order valence-electron chi connectivity index (χ3n) is 2.95. The molecule has 0 unspecified atom stereocenters. The second-order valence-electron chi connectivity index (χ2n) is 4.45. The van der Waals surface area contributed by atoms with Crippen LogP contribution in [0.5, 0.6) is 5.75 Å². The van der Waals surface area contributed by atoms with Gasteiger partial charge in [0.05, 0.1) is 11.9 Å². The largest absolute Gasteiger partial charge is 0.482 e. The van der Waals surface area contributed by atoms with E-state index in [-0.39, 0.29) is 6.61 Å². The van der Waals surface area contributed by atoms with Gasteiger partial charge >= 0.3 is 0 Å². The number of oxazole rings is 1. The molecule has 21 heavy (non-hydrogen) atoms. The average molecular weight is 301 g/mol. The third-order valence-corrected chi connectivity index (χ3v) is 3.20. The van der Waals surface area contributed by atoms with Crippen LogP contribution in [0.15, 0.2) is 59.1 Å². The number of ether oxygens (including phenoxy) is 1. The number of halogens is 1. The van der Waals surface area contributed by atoms with Crippen molar-refractivity contribution in [2.24, 2.45) is 0 Å². The van der Waals surface area contributed by atoms with Gasteiger partial charge in [0, 0.05) is 10.6 Å². The fraction of sp³-hybridized carbons (Fsp3) is 0.0625. The number of nitrogens with zero attached hydrogens (tertiary/aromatic N) is 1. The Hall–Kier alpha value is -2.46. The second-order valence-corrected chi connectivity index (χ2v) is 4.89. The maximum atomic E-state index is 5.86. The molecular formula is C16H13ClN2O2. The van der Waals surface area contributed by atoms with Gasteiger partial charge in [0.25, 0.3) is 0 Å². The lowest BCUT2D eigenvalue weighted by Gasteiger charge is -2.05. The molecule has 3 aromatic rings. The highest BCUT2D eigenvalue weighted by molar-refractivity contribution is 6.30. The van der Waals surface area contributed by atoms with E-state index < -0.39 is 0 Å². The van der Waals surface area contributed by atoms with Crippen LogP contribution in [0.2, 0.25) is 5.02 Å². The summed E-state index contributed by atoms with van der Waals surface area (Å²) in [5, 5.41) is 0.682. The number of hydrogen-bond donors (Lipinski definition) is 1. The Labute approximate surface area is 127 Å². The average Bonchev–Trinajstić information content (AvgIpc) is 2.96. The predicted molar refractivity (Wildman–Crippen MR) is 82.1 cm³/mol. The van der Waals surface area contributed by atoms with Crippen molar-refractivity contribution in [2.75, 3.05) is 5.73 Å². The molecule has 0 fully saturated rings. The van der Waals surface area contributed by atoms with Gasteiger partial charge in [-0.25, -0.2) is 4.98 Å². The number of benzene rings is 2. The van der Waals surface area contributed by atoms with Gasteiger partial charge in [-0.2, -0.15) is 0 Å². The summed E-state index contributed by atoms with van der Waals surface area (Å²) >= 11 is 5.86. The lowest BCUT2D eigenvalue weighted by molar-refractivity contribution is 0.266. The standard InChI is InChI=1S/C16H13ClN2O2/c17-12-7-5-11(6-8-12)15-9-19-16(21-15)10-20-14-4-2-1-3-13(14)18/h1-9H,10,18H2. The van der Waals surface area contributed by atoms with Crippen LogP contribution in [0.3, 0.4) is 0 Å². The summed E-state index contributed by atoms with van der Waals surface area (Å²) in [6, 6.07) is 14.7. The number of hydrogen-bond acceptors (Lipinski definition) is 4. The maximum Gasteiger partial charge on any atom is 0.232 e. The Bertz CT molecular complexity index is 738. The van der Waals surface area contributed by atoms with Crippen LogP contribution < -0.4 is 10.5 Å². The van der Waals surface area contributed by atoms with Crippen LogP contribution >= 0.6 is 11.6 Å². The van der Waals surface area contributed by atoms with E-state index in [2.05, 4.69) is 4.98 Å². The molecule has 0 aliphatic heterocycles. The number of rotatable bonds is 4. The summed E-state index contributed by atoms with van der Waals surface area (Å²) in [5.41, 5.74) is 7.31. The van der Waals surface area contributed by atoms with Gasteiger partial charge in [0.15, 0.2) is 12.4 Å². The number of aromatic nitrogens is 1. The van der Waals surface area contributed by atoms with Gasteiger partial charge in [-0.15, -0.1) is 0 Å². The molecule has 0 radical (unpaired) electrons. The van der Waals surface area contributed by atoms with E-state index >= 15 is 0 Å². The minimum absolute atomic E-state index is 0.224. The number of nitrogens with two attached hydrogens (primary N) is 1. The van der Waals surface area contributed by atoms with Gasteiger partial charge in [0.2, 0.25) is 5.89 Å². The third kappa shape index (κ3) is 3.17. The van der Waals surface area contributed by atoms with Crippen LogP contribution in [0, 0.1) is 0 Å². The Kier molecular flexibility index (Phi) is 3.79. The number of nitrogen functional groups attached to an aromatic ring is 1. The Morgan fingerprint density at radius 3 is 2.62 bits per heavy atom. The minimum atomic E-state index is 0.224. The van der Waals surface area contributed by atoms with E-state index in [1.807, 2.05) is 24.3 Å². The van der Waals surface area contributed by atoms with E-state index in [1.54, 1.807) is 30.5 Å². The van der Waals surface area contributed by atoms with Crippen molar-refractivity contribution in [1.29, 1.82) is 0 Å². The van der Waals surface area contributed by atoms with Crippen molar-refractivity contribution < 1.29 is 9.15 Å². The lowest BCUT2D eigenvalue weighted by Crippen LogP contribution is -1.98. The number of anilines is 1. The molecular weight excluding hydrogens is 288 g/mol. The molecule has 0 bridgehead atoms. The van der Waals surface area contributed by atoms with Crippen LogP contribution in [-0.4, -0.2) is 4.98 Å². The second kappa shape index (κ2) is 5.89. The molecule has 0 spiro atoms. The predicted octanol–water partition coefficient (Wildman–Crippen LogP) is 4.16. The summed E-state index contributed by atoms with van der Waals surface area (Å²) in [7, 11) is 0. The fourth-order valence-electron chi connectivity index (χ4n) is 1.88. The molecule has 0 aliphatic rings. The van der Waals surface area contributed by atoms with E-state index in [1.165, 1.54) is 0 Å². The highest BCUT2D eigenvalue weighted by Gasteiger charge is 2.08. The molecule has 0 aliphatic carbocycles. The summed E-state index contributed by atoms with van der Waals surface area (Å²) < 4.78 is 11.2. The topological polar surface area (TPSA) is 61.3 Å². The first kappa shape index (κ1) is 13.5. The van der Waals surface area contributed by atoms with Crippen LogP contribution in [-0.2, 0) is 6.61 Å². The Balaban J connectivity index is 1.71. The lowest BCUT2D eigenvalue weighted by atomic mass is 10.2. The smallest absolute Gasteiger partial charge is 0.232 e. The summed E-state index contributed by atoms with van der Waals surface area (Å²) in [6.07, 6.45) is 1.66. The van der Waals surface area contributed by atoms with Gasteiger partial charge in [0.1, 0.15) is 5.75 Å². The van der Waals surface area contributed by atoms with Gasteiger partial charge < -0.3 is 14.9 Å². The van der Waals surface area contributed by atoms with Crippen LogP contribution in [0.25, 0.3) is 11.3 Å². The molecule has 1 aromatic heterocycles. The highest BCUT2D eigenvalue weighted by Crippen LogP contribution is 2.24. The highest BCUT2D eigenvalue weighted by atomic mass is 35.5. The molecule has 0 saturated carbocycles. The van der Waals surface area contributed by atoms with Crippen LogP contribution in [0.4, 0.5) is 5.69 Å². The molecule has 0 saturated heterocycles. The van der Waals surface area contributed by atoms with Crippen molar-refractivity contribution in [3.63, 3.8) is 0 Å². The molecule has 2 aromatic carbocycles. The van der Waals surface area contributed by atoms with Gasteiger partial charge in [-0.3, -0.25) is 0 Å². The molecule has 0 atom stereocenters. The molecule has 106 valence electrons. The molecule has 3 rings (SSSR count). The quantitative estimate of drug-likeness (QED) is 0.735. The van der Waals surface area contributed by atoms with Crippen molar-refractivity contribution in [1.82, 2.24) is 4.98 Å². The fourth-order valence-corrected chi connectivity index (χ4v) is 2.00. The summed E-state index contributed by atoms with van der Waals surface area (Å²) in [4.78, 5) is 4.19. The zero-order chi connectivity index (χ0) is 14.7. The first-order valence-electron chi connectivity index (χ1n) is 6.40. The zero-order valence-electron chi connectivity index (χ0n) is 11.1. The van der Waals surface area contributed by atoms with Gasteiger partial charge in [-0.1, -0.05) is 23.7 Å². The Morgan fingerprint density at radius 2 is 1.86 bits per heavy atom. The summed E-state index contributed by atoms with van der Waals surface area (Å²) in [5.74, 6) is 1.78. The molecule has 5 heteroatoms. The molecule has 2 N–H and O–H groups in total.